The summed E-state index contributed by atoms with van der Waals surface area (Å²) in [5.74, 6) is 1.38. The van der Waals surface area contributed by atoms with Crippen LogP contribution in [0.15, 0.2) is 48.5 Å². The summed E-state index contributed by atoms with van der Waals surface area (Å²) in [7, 11) is 2.10. The van der Waals surface area contributed by atoms with Gasteiger partial charge in [0.2, 0.25) is 6.79 Å². The van der Waals surface area contributed by atoms with E-state index in [1.165, 1.54) is 0 Å². The molecule has 0 saturated carbocycles. The second-order valence-electron chi connectivity index (χ2n) is 6.26. The van der Waals surface area contributed by atoms with Crippen molar-refractivity contribution in [3.05, 3.63) is 59.7 Å². The van der Waals surface area contributed by atoms with Crippen molar-refractivity contribution < 1.29 is 14.3 Å². The van der Waals surface area contributed by atoms with Crippen LogP contribution in [0.25, 0.3) is 0 Å². The van der Waals surface area contributed by atoms with Gasteiger partial charge in [-0.3, -0.25) is 4.79 Å². The first-order valence-electron chi connectivity index (χ1n) is 8.16. The van der Waals surface area contributed by atoms with Crippen molar-refractivity contribution in [1.29, 1.82) is 0 Å². The van der Waals surface area contributed by atoms with Gasteiger partial charge in [0.15, 0.2) is 11.5 Å². The Morgan fingerprint density at radius 2 is 1.83 bits per heavy atom. The Labute approximate surface area is 141 Å². The molecule has 24 heavy (non-hydrogen) atoms. The molecule has 2 aromatic rings. The maximum absolute atomic E-state index is 13.1. The SMILES string of the molecule is CN1CCN(C(=O)c2ccc3c(c2)OCO3)C(c2ccccc2)C1. The van der Waals surface area contributed by atoms with Gasteiger partial charge in [-0.2, -0.15) is 0 Å². The first-order chi connectivity index (χ1) is 11.7. The van der Waals surface area contributed by atoms with Gasteiger partial charge in [-0.15, -0.1) is 0 Å². The number of ether oxygens (including phenoxy) is 2. The number of hydrogen-bond acceptors (Lipinski definition) is 4. The number of hydrogen-bond donors (Lipinski definition) is 0. The second-order valence-corrected chi connectivity index (χ2v) is 6.26. The van der Waals surface area contributed by atoms with Gasteiger partial charge in [-0.05, 0) is 30.8 Å². The predicted molar refractivity (Wildman–Crippen MR) is 90.3 cm³/mol. The molecule has 0 spiro atoms. The lowest BCUT2D eigenvalue weighted by molar-refractivity contribution is 0.0497. The van der Waals surface area contributed by atoms with E-state index in [0.29, 0.717) is 23.6 Å². The topological polar surface area (TPSA) is 42.0 Å². The highest BCUT2D eigenvalue weighted by Crippen LogP contribution is 2.34. The van der Waals surface area contributed by atoms with E-state index < -0.39 is 0 Å². The highest BCUT2D eigenvalue weighted by atomic mass is 16.7. The van der Waals surface area contributed by atoms with E-state index in [-0.39, 0.29) is 18.7 Å². The quantitative estimate of drug-likeness (QED) is 0.851. The van der Waals surface area contributed by atoms with Gasteiger partial charge < -0.3 is 19.3 Å². The maximum atomic E-state index is 13.1. The van der Waals surface area contributed by atoms with Crippen LogP contribution < -0.4 is 9.47 Å². The van der Waals surface area contributed by atoms with E-state index in [2.05, 4.69) is 24.1 Å². The van der Waals surface area contributed by atoms with Crippen LogP contribution >= 0.6 is 0 Å². The minimum atomic E-state index is 0.0373. The average molecular weight is 324 g/mol. The first-order valence-corrected chi connectivity index (χ1v) is 8.16. The van der Waals surface area contributed by atoms with Crippen LogP contribution in [0.4, 0.5) is 0 Å². The third-order valence-corrected chi connectivity index (χ3v) is 4.65. The minimum Gasteiger partial charge on any atom is -0.454 e. The molecule has 0 aliphatic carbocycles. The van der Waals surface area contributed by atoms with Crippen LogP contribution in [0, 0.1) is 0 Å². The van der Waals surface area contributed by atoms with Crippen molar-refractivity contribution in [2.24, 2.45) is 0 Å². The third-order valence-electron chi connectivity index (χ3n) is 4.65. The molecule has 2 aliphatic heterocycles. The van der Waals surface area contributed by atoms with E-state index in [9.17, 15) is 4.79 Å². The summed E-state index contributed by atoms with van der Waals surface area (Å²) in [6, 6.07) is 15.7. The molecule has 0 radical (unpaired) electrons. The molecule has 0 bridgehead atoms. The van der Waals surface area contributed by atoms with Crippen LogP contribution in [0.1, 0.15) is 22.0 Å². The van der Waals surface area contributed by atoms with E-state index in [1.54, 1.807) is 6.07 Å². The number of likely N-dealkylation sites (N-methyl/N-ethyl adjacent to an activating group) is 1. The Hall–Kier alpha value is -2.53. The van der Waals surface area contributed by atoms with Crippen molar-refractivity contribution >= 4 is 5.91 Å². The molecule has 1 unspecified atom stereocenters. The van der Waals surface area contributed by atoms with Gasteiger partial charge in [0, 0.05) is 25.2 Å². The van der Waals surface area contributed by atoms with Gasteiger partial charge in [0.25, 0.3) is 5.91 Å². The lowest BCUT2D eigenvalue weighted by Gasteiger charge is -2.40. The Kier molecular flexibility index (Phi) is 3.86. The normalized spacial score (nSPS) is 20.2. The van der Waals surface area contributed by atoms with Crippen molar-refractivity contribution in [1.82, 2.24) is 9.80 Å². The van der Waals surface area contributed by atoms with Crippen LogP contribution in [0.5, 0.6) is 11.5 Å². The standard InChI is InChI=1S/C19H20N2O3/c1-20-9-10-21(16(12-20)14-5-3-2-4-6-14)19(22)15-7-8-17-18(11-15)24-13-23-17/h2-8,11,16H,9-10,12-13H2,1H3. The van der Waals surface area contributed by atoms with E-state index in [0.717, 1.165) is 18.7 Å². The molecule has 1 amide bonds. The maximum Gasteiger partial charge on any atom is 0.254 e. The van der Waals surface area contributed by atoms with E-state index in [1.807, 2.05) is 35.2 Å². The van der Waals surface area contributed by atoms with E-state index in [4.69, 9.17) is 9.47 Å². The number of fused-ring (bicyclic) bond motifs is 1. The molecule has 0 aromatic heterocycles. The summed E-state index contributed by atoms with van der Waals surface area (Å²) in [6.07, 6.45) is 0. The molecule has 2 aliphatic rings. The van der Waals surface area contributed by atoms with Gasteiger partial charge in [0.1, 0.15) is 0 Å². The number of carbonyl (C=O) groups is 1. The average Bonchev–Trinajstić information content (AvgIpc) is 3.09. The lowest BCUT2D eigenvalue weighted by atomic mass is 10.0. The Balaban J connectivity index is 1.64. The highest BCUT2D eigenvalue weighted by Gasteiger charge is 2.31. The summed E-state index contributed by atoms with van der Waals surface area (Å²) in [4.78, 5) is 17.3. The van der Waals surface area contributed by atoms with Gasteiger partial charge in [0.05, 0.1) is 6.04 Å². The van der Waals surface area contributed by atoms with Crippen LogP contribution in [0.2, 0.25) is 0 Å². The fourth-order valence-electron chi connectivity index (χ4n) is 3.32. The van der Waals surface area contributed by atoms with Crippen molar-refractivity contribution in [3.63, 3.8) is 0 Å². The zero-order chi connectivity index (χ0) is 16.5. The second kappa shape index (κ2) is 6.17. The summed E-state index contributed by atoms with van der Waals surface area (Å²) in [5, 5.41) is 0. The number of rotatable bonds is 2. The van der Waals surface area contributed by atoms with Gasteiger partial charge in [-0.25, -0.2) is 0 Å². The molecule has 4 rings (SSSR count). The Morgan fingerprint density at radius 3 is 2.67 bits per heavy atom. The zero-order valence-electron chi connectivity index (χ0n) is 13.6. The highest BCUT2D eigenvalue weighted by molar-refractivity contribution is 5.95. The first kappa shape index (κ1) is 15.0. The zero-order valence-corrected chi connectivity index (χ0v) is 13.6. The molecule has 1 atom stereocenters. The number of benzene rings is 2. The van der Waals surface area contributed by atoms with Crippen LogP contribution in [0.3, 0.4) is 0 Å². The Morgan fingerprint density at radius 1 is 1.04 bits per heavy atom. The van der Waals surface area contributed by atoms with Crippen LogP contribution in [-0.2, 0) is 0 Å². The molecule has 0 N–H and O–H groups in total. The largest absolute Gasteiger partial charge is 0.454 e. The monoisotopic (exact) mass is 324 g/mol. The molecule has 2 heterocycles. The minimum absolute atomic E-state index is 0.0373. The summed E-state index contributed by atoms with van der Waals surface area (Å²) in [6.45, 7) is 2.64. The smallest absolute Gasteiger partial charge is 0.254 e. The molecular weight excluding hydrogens is 304 g/mol. The van der Waals surface area contributed by atoms with E-state index >= 15 is 0 Å². The lowest BCUT2D eigenvalue weighted by Crippen LogP contribution is -2.49. The number of piperazine rings is 1. The molecule has 1 fully saturated rings. The summed E-state index contributed by atoms with van der Waals surface area (Å²) in [5.41, 5.74) is 1.81. The van der Waals surface area contributed by atoms with Gasteiger partial charge >= 0.3 is 0 Å². The van der Waals surface area contributed by atoms with Crippen molar-refractivity contribution in [2.45, 2.75) is 6.04 Å². The van der Waals surface area contributed by atoms with Crippen LogP contribution in [-0.4, -0.2) is 49.2 Å². The number of nitrogens with zero attached hydrogens (tertiary/aromatic N) is 2. The number of amides is 1. The molecule has 5 nitrogen and oxygen atoms in total. The Bertz CT molecular complexity index is 748. The molecular formula is C19H20N2O3. The number of carbonyl (C=O) groups excluding carboxylic acids is 1. The van der Waals surface area contributed by atoms with Crippen molar-refractivity contribution in [3.8, 4) is 11.5 Å². The van der Waals surface area contributed by atoms with Gasteiger partial charge in [-0.1, -0.05) is 30.3 Å². The van der Waals surface area contributed by atoms with Crippen molar-refractivity contribution in [2.75, 3.05) is 33.5 Å². The predicted octanol–water partition coefficient (Wildman–Crippen LogP) is 2.54. The fourth-order valence-corrected chi connectivity index (χ4v) is 3.32. The summed E-state index contributed by atoms with van der Waals surface area (Å²) >= 11 is 0. The summed E-state index contributed by atoms with van der Waals surface area (Å²) < 4.78 is 10.7. The fraction of sp³-hybridized carbons (Fsp3) is 0.316. The molecule has 124 valence electrons. The third kappa shape index (κ3) is 2.71. The molecule has 1 saturated heterocycles. The molecule has 2 aromatic carbocycles. The molecule has 5 heteroatoms.